The van der Waals surface area contributed by atoms with Gasteiger partial charge in [-0.3, -0.25) is 9.58 Å². The minimum Gasteiger partial charge on any atom is -0.475 e. The Morgan fingerprint density at radius 2 is 1.79 bits per heavy atom. The Balaban J connectivity index is 0.000000301. The average molecular weight is 559 g/mol. The van der Waals surface area contributed by atoms with Crippen LogP contribution in [0.5, 0.6) is 0 Å². The predicted octanol–water partition coefficient (Wildman–Crippen LogP) is 3.58. The van der Waals surface area contributed by atoms with Gasteiger partial charge in [-0.05, 0) is 31.4 Å². The van der Waals surface area contributed by atoms with Crippen LogP contribution in [0, 0.1) is 0 Å². The van der Waals surface area contributed by atoms with Gasteiger partial charge >= 0.3 is 24.3 Å². The van der Waals surface area contributed by atoms with Crippen LogP contribution in [0.25, 0.3) is 0 Å². The number of hydrogen-bond donors (Lipinski definition) is 2. The maximum atomic E-state index is 10.6. The van der Waals surface area contributed by atoms with Crippen LogP contribution in [-0.4, -0.2) is 87.2 Å². The zero-order chi connectivity index (χ0) is 28.3. The number of nitrogens with zero attached hydrogens (tertiary/aromatic N) is 3. The summed E-state index contributed by atoms with van der Waals surface area (Å²) in [5.74, 6) is -5.51. The number of aliphatic carboxylic acids is 2. The Kier molecular flexibility index (Phi) is 11.6. The molecule has 2 aliphatic rings. The van der Waals surface area contributed by atoms with Crippen molar-refractivity contribution in [2.45, 2.75) is 63.0 Å². The van der Waals surface area contributed by atoms with Gasteiger partial charge in [-0.25, -0.2) is 9.59 Å². The van der Waals surface area contributed by atoms with Crippen LogP contribution in [0.3, 0.4) is 0 Å². The second-order valence-electron chi connectivity index (χ2n) is 8.24. The highest BCUT2D eigenvalue weighted by Gasteiger charge is 2.44. The number of carbonyl (C=O) groups is 2. The minimum atomic E-state index is -5.08. The molecular formula is C22H27F6N3O7. The normalized spacial score (nSPS) is 21.5. The highest BCUT2D eigenvalue weighted by molar-refractivity contribution is 5.73. The molecule has 2 N–H and O–H groups in total. The van der Waals surface area contributed by atoms with Crippen molar-refractivity contribution in [1.29, 1.82) is 0 Å². The van der Waals surface area contributed by atoms with Crippen molar-refractivity contribution in [3.8, 4) is 0 Å². The smallest absolute Gasteiger partial charge is 0.475 e. The molecule has 2 aromatic rings. The van der Waals surface area contributed by atoms with Gasteiger partial charge in [-0.15, -0.1) is 0 Å². The molecule has 0 saturated carbocycles. The summed E-state index contributed by atoms with van der Waals surface area (Å²) < 4.78 is 82.9. The molecule has 2 aliphatic heterocycles. The number of carboxylic acids is 2. The summed E-state index contributed by atoms with van der Waals surface area (Å²) in [5.41, 5.74) is 1.22. The van der Waals surface area contributed by atoms with Crippen LogP contribution >= 0.6 is 0 Å². The second-order valence-corrected chi connectivity index (χ2v) is 8.24. The number of ether oxygens (including phenoxy) is 2. The zero-order valence-corrected chi connectivity index (χ0v) is 19.9. The third kappa shape index (κ3) is 10.3. The molecule has 0 aliphatic carbocycles. The van der Waals surface area contributed by atoms with E-state index in [2.05, 4.69) is 10.00 Å². The number of carboxylic acid groups (broad SMARTS) is 2. The first kappa shape index (κ1) is 31.1. The summed E-state index contributed by atoms with van der Waals surface area (Å²) in [6, 6.07) is 4.45. The fourth-order valence-corrected chi connectivity index (χ4v) is 3.84. The molecule has 2 saturated heterocycles. The number of rotatable bonds is 7. The third-order valence-electron chi connectivity index (χ3n) is 5.46. The van der Waals surface area contributed by atoms with E-state index in [1.54, 1.807) is 6.26 Å². The lowest BCUT2D eigenvalue weighted by Crippen LogP contribution is -2.41. The molecule has 0 amide bonds. The summed E-state index contributed by atoms with van der Waals surface area (Å²) >= 11 is 0. The van der Waals surface area contributed by atoms with Crippen LogP contribution in [0.1, 0.15) is 24.8 Å². The minimum absolute atomic E-state index is 0.167. The van der Waals surface area contributed by atoms with Gasteiger partial charge in [0.15, 0.2) is 0 Å². The number of halogens is 6. The molecule has 0 aromatic carbocycles. The number of aromatic nitrogens is 2. The van der Waals surface area contributed by atoms with Crippen molar-refractivity contribution in [3.63, 3.8) is 0 Å². The Morgan fingerprint density at radius 1 is 1.13 bits per heavy atom. The zero-order valence-electron chi connectivity index (χ0n) is 19.9. The van der Waals surface area contributed by atoms with Gasteiger partial charge in [0, 0.05) is 56.8 Å². The van der Waals surface area contributed by atoms with E-state index in [0.29, 0.717) is 6.04 Å². The van der Waals surface area contributed by atoms with Crippen LogP contribution in [-0.2, 0) is 32.2 Å². The van der Waals surface area contributed by atoms with Gasteiger partial charge in [0.2, 0.25) is 0 Å². The highest BCUT2D eigenvalue weighted by atomic mass is 19.4. The molecule has 4 rings (SSSR count). The number of hydrogen-bond acceptors (Lipinski definition) is 7. The first-order chi connectivity index (χ1) is 17.8. The first-order valence-corrected chi connectivity index (χ1v) is 11.3. The maximum Gasteiger partial charge on any atom is 0.490 e. The van der Waals surface area contributed by atoms with E-state index in [9.17, 15) is 26.3 Å². The molecule has 0 unspecified atom stereocenters. The van der Waals surface area contributed by atoms with Crippen molar-refractivity contribution in [1.82, 2.24) is 14.7 Å². The lowest BCUT2D eigenvalue weighted by Gasteiger charge is -2.32. The molecule has 0 bridgehead atoms. The van der Waals surface area contributed by atoms with Gasteiger partial charge in [0.05, 0.1) is 18.6 Å². The molecule has 0 spiro atoms. The van der Waals surface area contributed by atoms with Crippen molar-refractivity contribution < 1.29 is 60.0 Å². The van der Waals surface area contributed by atoms with Crippen molar-refractivity contribution in [2.75, 3.05) is 19.8 Å². The molecular weight excluding hydrogens is 532 g/mol. The Labute approximate surface area is 212 Å². The van der Waals surface area contributed by atoms with Crippen LogP contribution in [0.2, 0.25) is 0 Å². The Morgan fingerprint density at radius 3 is 2.32 bits per heavy atom. The Bertz CT molecular complexity index is 943. The largest absolute Gasteiger partial charge is 0.490 e. The predicted molar refractivity (Wildman–Crippen MR) is 116 cm³/mol. The summed E-state index contributed by atoms with van der Waals surface area (Å²) in [5, 5.41) is 18.5. The van der Waals surface area contributed by atoms with E-state index in [1.807, 2.05) is 35.5 Å². The maximum absolute atomic E-state index is 10.6. The van der Waals surface area contributed by atoms with E-state index in [0.717, 1.165) is 45.7 Å². The molecule has 16 heteroatoms. The summed E-state index contributed by atoms with van der Waals surface area (Å²) in [6.07, 6.45) is 0.868. The Hall–Kier alpha value is -3.11. The summed E-state index contributed by atoms with van der Waals surface area (Å²) in [6.45, 7) is 4.34. The van der Waals surface area contributed by atoms with Gasteiger partial charge in [0.25, 0.3) is 0 Å². The fraction of sp³-hybridized carbons (Fsp3) is 0.591. The number of fused-ring (bicyclic) bond motifs is 1. The second kappa shape index (κ2) is 14.2. The molecule has 4 heterocycles. The van der Waals surface area contributed by atoms with E-state index < -0.39 is 24.3 Å². The lowest BCUT2D eigenvalue weighted by molar-refractivity contribution is -0.193. The number of alkyl halides is 6. The van der Waals surface area contributed by atoms with Crippen molar-refractivity contribution in [3.05, 3.63) is 42.6 Å². The topological polar surface area (TPSA) is 127 Å². The summed E-state index contributed by atoms with van der Waals surface area (Å²) in [7, 11) is 0. The molecule has 2 aromatic heterocycles. The summed E-state index contributed by atoms with van der Waals surface area (Å²) in [4.78, 5) is 20.3. The number of likely N-dealkylation sites (tertiary alicyclic amines) is 1. The van der Waals surface area contributed by atoms with E-state index in [-0.39, 0.29) is 12.2 Å². The van der Waals surface area contributed by atoms with Gasteiger partial charge in [-0.1, -0.05) is 0 Å². The molecule has 38 heavy (non-hydrogen) atoms. The first-order valence-electron chi connectivity index (χ1n) is 11.3. The van der Waals surface area contributed by atoms with E-state index in [1.165, 1.54) is 12.0 Å². The van der Waals surface area contributed by atoms with Gasteiger partial charge in [-0.2, -0.15) is 31.4 Å². The molecule has 2 fully saturated rings. The SMILES string of the molecule is O=C(O)C(F)(F)F.O=C(O)C(F)(F)F.c1cnn(CCCO[C@@H]2CN(Cc3ccoc3)[C@@H]3CCCO[C@@H]32)c1. The van der Waals surface area contributed by atoms with E-state index >= 15 is 0 Å². The fourth-order valence-electron chi connectivity index (χ4n) is 3.84. The molecule has 214 valence electrons. The van der Waals surface area contributed by atoms with E-state index in [4.69, 9.17) is 33.7 Å². The number of aryl methyl sites for hydroxylation is 1. The van der Waals surface area contributed by atoms with Gasteiger partial charge < -0.3 is 24.1 Å². The molecule has 0 radical (unpaired) electrons. The molecule has 3 atom stereocenters. The van der Waals surface area contributed by atoms with Crippen molar-refractivity contribution in [2.24, 2.45) is 0 Å². The van der Waals surface area contributed by atoms with Crippen LogP contribution in [0.15, 0.2) is 41.5 Å². The quantitative estimate of drug-likeness (QED) is 0.387. The lowest BCUT2D eigenvalue weighted by atomic mass is 10.0. The highest BCUT2D eigenvalue weighted by Crippen LogP contribution is 2.32. The standard InChI is InChI=1S/C18H25N3O3.2C2HF3O2/c1-4-16-18(24-9-1)17(13-20(16)12-15-5-11-22-14-15)23-10-3-8-21-7-2-6-19-21;2*3-2(4,5)1(6)7/h2,5-7,11,14,16-18H,1,3-4,8-10,12-13H2;2*(H,6,7)/t16-,17-,18+;;/m1../s1. The van der Waals surface area contributed by atoms with Gasteiger partial charge in [0.1, 0.15) is 6.10 Å². The van der Waals surface area contributed by atoms with Crippen LogP contribution < -0.4 is 0 Å². The van der Waals surface area contributed by atoms with Crippen molar-refractivity contribution >= 4 is 11.9 Å². The molecule has 10 nitrogen and oxygen atoms in total. The monoisotopic (exact) mass is 559 g/mol. The average Bonchev–Trinajstić information content (AvgIpc) is 3.60. The number of furan rings is 1. The van der Waals surface area contributed by atoms with Crippen LogP contribution in [0.4, 0.5) is 26.3 Å². The third-order valence-corrected chi connectivity index (χ3v) is 5.46.